The molecular formula is C27H23N3O4. The molecule has 0 aliphatic carbocycles. The van der Waals surface area contributed by atoms with Crippen LogP contribution in [-0.2, 0) is 16.2 Å². The monoisotopic (exact) mass is 453 g/mol. The highest BCUT2D eigenvalue weighted by molar-refractivity contribution is 6.11. The van der Waals surface area contributed by atoms with E-state index in [2.05, 4.69) is 15.0 Å². The van der Waals surface area contributed by atoms with Gasteiger partial charge in [0, 0.05) is 17.8 Å². The van der Waals surface area contributed by atoms with Crippen molar-refractivity contribution >= 4 is 34.8 Å². The molecule has 0 aliphatic heterocycles. The Hall–Kier alpha value is -4.52. The second-order valence-corrected chi connectivity index (χ2v) is 7.47. The van der Waals surface area contributed by atoms with Gasteiger partial charge in [-0.2, -0.15) is 0 Å². The zero-order valence-electron chi connectivity index (χ0n) is 18.6. The highest BCUT2D eigenvalue weighted by Gasteiger charge is 2.07. The van der Waals surface area contributed by atoms with Gasteiger partial charge < -0.3 is 14.5 Å². The zero-order valence-corrected chi connectivity index (χ0v) is 18.6. The summed E-state index contributed by atoms with van der Waals surface area (Å²) in [5.74, 6) is 0.614. The van der Waals surface area contributed by atoms with Crippen molar-refractivity contribution in [3.63, 3.8) is 0 Å². The van der Waals surface area contributed by atoms with Gasteiger partial charge >= 0.3 is 0 Å². The van der Waals surface area contributed by atoms with Crippen molar-refractivity contribution in [3.8, 4) is 11.5 Å². The number of pyridine rings is 1. The molecule has 170 valence electrons. The van der Waals surface area contributed by atoms with Crippen molar-refractivity contribution < 1.29 is 19.1 Å². The number of ketones is 2. The van der Waals surface area contributed by atoms with E-state index in [9.17, 15) is 9.59 Å². The average molecular weight is 453 g/mol. The summed E-state index contributed by atoms with van der Waals surface area (Å²) in [4.78, 5) is 35.9. The summed E-state index contributed by atoms with van der Waals surface area (Å²) in [5.41, 5.74) is 4.11. The number of hydrogen-bond acceptors (Lipinski definition) is 6. The van der Waals surface area contributed by atoms with Crippen LogP contribution in [0.25, 0.3) is 23.2 Å². The molecule has 0 fully saturated rings. The van der Waals surface area contributed by atoms with E-state index in [0.717, 1.165) is 22.3 Å². The largest absolute Gasteiger partial charge is 0.496 e. The van der Waals surface area contributed by atoms with Crippen molar-refractivity contribution in [1.29, 1.82) is 0 Å². The number of fused-ring (bicyclic) bond motifs is 1. The lowest BCUT2D eigenvalue weighted by Gasteiger charge is -2.09. The van der Waals surface area contributed by atoms with Crippen LogP contribution in [-0.4, -0.2) is 33.6 Å². The van der Waals surface area contributed by atoms with Gasteiger partial charge in [0.2, 0.25) is 0 Å². The number of aromatic nitrogens is 3. The Morgan fingerprint density at radius 3 is 2.62 bits per heavy atom. The summed E-state index contributed by atoms with van der Waals surface area (Å²) in [5, 5.41) is 0. The molecule has 0 aliphatic rings. The molecule has 0 radical (unpaired) electrons. The van der Waals surface area contributed by atoms with Crippen LogP contribution in [0.1, 0.15) is 23.2 Å². The van der Waals surface area contributed by atoms with Crippen molar-refractivity contribution in [2.24, 2.45) is 0 Å². The predicted molar refractivity (Wildman–Crippen MR) is 130 cm³/mol. The molecule has 2 aromatic heterocycles. The van der Waals surface area contributed by atoms with E-state index in [1.54, 1.807) is 50.0 Å². The number of rotatable bonds is 10. The van der Waals surface area contributed by atoms with Crippen molar-refractivity contribution in [2.45, 2.75) is 13.0 Å². The van der Waals surface area contributed by atoms with Gasteiger partial charge in [-0.3, -0.25) is 14.6 Å². The fraction of sp³-hybridized carbons (Fsp3) is 0.111. The maximum Gasteiger partial charge on any atom is 0.163 e. The smallest absolute Gasteiger partial charge is 0.163 e. The molecule has 0 saturated heterocycles. The molecule has 0 spiro atoms. The third-order valence-electron chi connectivity index (χ3n) is 5.02. The molecule has 2 aromatic carbocycles. The van der Waals surface area contributed by atoms with Crippen molar-refractivity contribution in [1.82, 2.24) is 15.0 Å². The molecule has 0 atom stereocenters. The first-order chi connectivity index (χ1) is 16.6. The first-order valence-corrected chi connectivity index (χ1v) is 10.7. The molecule has 7 nitrogen and oxygen atoms in total. The van der Waals surface area contributed by atoms with Crippen molar-refractivity contribution in [2.75, 3.05) is 7.11 Å². The quantitative estimate of drug-likeness (QED) is 0.274. The number of hydrogen-bond donors (Lipinski definition) is 1. The van der Waals surface area contributed by atoms with Gasteiger partial charge in [0.1, 0.15) is 18.1 Å². The molecule has 4 aromatic rings. The number of nitrogens with zero attached hydrogens (tertiary/aromatic N) is 2. The van der Waals surface area contributed by atoms with Crippen LogP contribution in [0.4, 0.5) is 0 Å². The first kappa shape index (κ1) is 22.7. The van der Waals surface area contributed by atoms with E-state index in [1.807, 2.05) is 36.4 Å². The molecule has 1 N–H and O–H groups in total. The summed E-state index contributed by atoms with van der Waals surface area (Å²) < 4.78 is 11.2. The molecule has 2 heterocycles. The van der Waals surface area contributed by atoms with Crippen LogP contribution >= 0.6 is 0 Å². The minimum absolute atomic E-state index is 0.215. The van der Waals surface area contributed by atoms with Crippen LogP contribution in [0.3, 0.4) is 0 Å². The Morgan fingerprint density at radius 2 is 1.82 bits per heavy atom. The normalized spacial score (nSPS) is 11.3. The minimum atomic E-state index is -0.295. The maximum absolute atomic E-state index is 12.3. The Labute approximate surface area is 196 Å². The first-order valence-electron chi connectivity index (χ1n) is 10.7. The summed E-state index contributed by atoms with van der Waals surface area (Å²) in [6.45, 7) is 0.336. The SMILES string of the molecule is COc1cc(OCc2ccccn2)ccc1C=CC(=O)CC(=O)C=Cc1ccc2nc[nH]c2c1. The summed E-state index contributed by atoms with van der Waals surface area (Å²) in [7, 11) is 1.55. The summed E-state index contributed by atoms with van der Waals surface area (Å²) in [6.07, 6.45) is 9.23. The van der Waals surface area contributed by atoms with Gasteiger partial charge in [0.25, 0.3) is 0 Å². The van der Waals surface area contributed by atoms with Crippen LogP contribution < -0.4 is 9.47 Å². The molecule has 0 saturated carbocycles. The molecule has 34 heavy (non-hydrogen) atoms. The van der Waals surface area contributed by atoms with Crippen LogP contribution in [0.2, 0.25) is 0 Å². The molecule has 0 bridgehead atoms. The third kappa shape index (κ3) is 6.04. The van der Waals surface area contributed by atoms with Crippen LogP contribution in [0.15, 0.2) is 79.3 Å². The lowest BCUT2D eigenvalue weighted by atomic mass is 10.1. The number of methoxy groups -OCH3 is 1. The number of nitrogens with one attached hydrogen (secondary N) is 1. The third-order valence-corrected chi connectivity index (χ3v) is 5.02. The van der Waals surface area contributed by atoms with E-state index < -0.39 is 0 Å². The maximum atomic E-state index is 12.3. The van der Waals surface area contributed by atoms with Gasteiger partial charge in [-0.15, -0.1) is 0 Å². The molecular weight excluding hydrogens is 430 g/mol. The Bertz CT molecular complexity index is 1360. The highest BCUT2D eigenvalue weighted by atomic mass is 16.5. The Kier molecular flexibility index (Phi) is 7.25. The second kappa shape index (κ2) is 10.9. The van der Waals surface area contributed by atoms with E-state index in [0.29, 0.717) is 23.7 Å². The summed E-state index contributed by atoms with van der Waals surface area (Å²) in [6, 6.07) is 16.6. The predicted octanol–water partition coefficient (Wildman–Crippen LogP) is 4.80. The number of H-pyrrole nitrogens is 1. The fourth-order valence-corrected chi connectivity index (χ4v) is 3.28. The molecule has 0 amide bonds. The van der Waals surface area contributed by atoms with E-state index in [-0.39, 0.29) is 18.0 Å². The second-order valence-electron chi connectivity index (χ2n) is 7.47. The lowest BCUT2D eigenvalue weighted by molar-refractivity contribution is -0.121. The van der Waals surface area contributed by atoms with E-state index >= 15 is 0 Å². The lowest BCUT2D eigenvalue weighted by Crippen LogP contribution is -2.02. The average Bonchev–Trinajstić information content (AvgIpc) is 3.34. The topological polar surface area (TPSA) is 94.2 Å². The fourth-order valence-electron chi connectivity index (χ4n) is 3.28. The standard InChI is InChI=1S/C27H23N3O4/c1-33-27-16-24(34-17-21-4-2-3-13-28-21)11-8-20(27)7-10-23(32)15-22(31)9-5-19-6-12-25-26(14-19)30-18-29-25/h2-14,16,18H,15,17H2,1H3,(H,29,30). The van der Waals surface area contributed by atoms with Gasteiger partial charge in [-0.25, -0.2) is 4.98 Å². The number of ether oxygens (including phenoxy) is 2. The Morgan fingerprint density at radius 1 is 0.971 bits per heavy atom. The minimum Gasteiger partial charge on any atom is -0.496 e. The van der Waals surface area contributed by atoms with Crippen LogP contribution in [0.5, 0.6) is 11.5 Å². The Balaban J connectivity index is 1.33. The zero-order chi connectivity index (χ0) is 23.8. The van der Waals surface area contributed by atoms with Crippen LogP contribution in [0, 0.1) is 0 Å². The van der Waals surface area contributed by atoms with E-state index in [1.165, 1.54) is 12.2 Å². The number of imidazole rings is 1. The van der Waals surface area contributed by atoms with E-state index in [4.69, 9.17) is 9.47 Å². The molecule has 0 unspecified atom stereocenters. The molecule has 7 heteroatoms. The number of carbonyl (C=O) groups excluding carboxylic acids is 2. The highest BCUT2D eigenvalue weighted by Crippen LogP contribution is 2.26. The van der Waals surface area contributed by atoms with Gasteiger partial charge in [-0.05, 0) is 60.2 Å². The van der Waals surface area contributed by atoms with Crippen molar-refractivity contribution in [3.05, 3.63) is 96.1 Å². The number of benzene rings is 2. The number of aromatic amines is 1. The summed E-state index contributed by atoms with van der Waals surface area (Å²) >= 11 is 0. The number of carbonyl (C=O) groups is 2. The van der Waals surface area contributed by atoms with Gasteiger partial charge in [0.05, 0.1) is 36.6 Å². The van der Waals surface area contributed by atoms with Gasteiger partial charge in [0.15, 0.2) is 11.6 Å². The molecule has 4 rings (SSSR count). The number of allylic oxidation sites excluding steroid dienone is 2. The van der Waals surface area contributed by atoms with Gasteiger partial charge in [-0.1, -0.05) is 18.2 Å².